The summed E-state index contributed by atoms with van der Waals surface area (Å²) >= 11 is 1.36. The van der Waals surface area contributed by atoms with Crippen LogP contribution in [-0.4, -0.2) is 29.1 Å². The number of nitrogens with one attached hydrogen (secondary N) is 1. The molecule has 0 saturated carbocycles. The van der Waals surface area contributed by atoms with Gasteiger partial charge in [0.15, 0.2) is 5.17 Å². The highest BCUT2D eigenvalue weighted by Crippen LogP contribution is 2.09. The predicted octanol–water partition coefficient (Wildman–Crippen LogP) is 2.55. The molecule has 2 rings (SSSR count). The quantitative estimate of drug-likeness (QED) is 0.649. The van der Waals surface area contributed by atoms with Gasteiger partial charge < -0.3 is 10.1 Å². The van der Waals surface area contributed by atoms with E-state index in [1.54, 1.807) is 6.21 Å². The van der Waals surface area contributed by atoms with Crippen molar-refractivity contribution in [1.82, 2.24) is 5.32 Å². The summed E-state index contributed by atoms with van der Waals surface area (Å²) in [5.74, 6) is 0.388. The fourth-order valence-electron chi connectivity index (χ4n) is 1.58. The molecule has 21 heavy (non-hydrogen) atoms. The Bertz CT molecular complexity index is 540. The lowest BCUT2D eigenvalue weighted by molar-refractivity contribution is -0.116. The van der Waals surface area contributed by atoms with Gasteiger partial charge in [0.05, 0.1) is 24.7 Å². The first kappa shape index (κ1) is 15.7. The van der Waals surface area contributed by atoms with E-state index in [1.165, 1.54) is 11.8 Å². The molecule has 0 bridgehead atoms. The summed E-state index contributed by atoms with van der Waals surface area (Å²) in [4.78, 5) is 11.0. The summed E-state index contributed by atoms with van der Waals surface area (Å²) in [6, 6.07) is 7.98. The number of ether oxygens (including phenoxy) is 1. The third-order valence-corrected chi connectivity index (χ3v) is 3.89. The molecule has 1 fully saturated rings. The first-order valence-corrected chi connectivity index (χ1v) is 7.90. The summed E-state index contributed by atoms with van der Waals surface area (Å²) in [5.41, 5.74) is 2.10. The maximum Gasteiger partial charge on any atom is 0.236 e. The van der Waals surface area contributed by atoms with E-state index in [-0.39, 0.29) is 12.0 Å². The standard InChI is InChI=1S/C15H19N3O2S/c1-3-11(2)20-9-13-6-4-12(5-7-13)8-16-18-15-17-14(19)10-21-15/h4-8,11H,3,9-10H2,1-2H3,(H,17,18,19). The third kappa shape index (κ3) is 5.32. The monoisotopic (exact) mass is 305 g/mol. The molecular weight excluding hydrogens is 286 g/mol. The van der Waals surface area contributed by atoms with Crippen molar-refractivity contribution < 1.29 is 9.53 Å². The van der Waals surface area contributed by atoms with Crippen molar-refractivity contribution >= 4 is 29.1 Å². The summed E-state index contributed by atoms with van der Waals surface area (Å²) < 4.78 is 5.68. The molecule has 0 radical (unpaired) electrons. The fourth-order valence-corrected chi connectivity index (χ4v) is 2.21. The largest absolute Gasteiger partial charge is 0.374 e. The maximum absolute atomic E-state index is 11.0. The molecule has 0 aromatic heterocycles. The molecule has 1 amide bonds. The van der Waals surface area contributed by atoms with Gasteiger partial charge in [0.2, 0.25) is 5.91 Å². The van der Waals surface area contributed by atoms with E-state index in [0.29, 0.717) is 17.5 Å². The Morgan fingerprint density at radius 3 is 2.81 bits per heavy atom. The number of nitrogens with zero attached hydrogens (tertiary/aromatic N) is 2. The molecule has 0 aliphatic carbocycles. The van der Waals surface area contributed by atoms with Gasteiger partial charge in [0.1, 0.15) is 0 Å². The first-order chi connectivity index (χ1) is 10.2. The molecule has 5 nitrogen and oxygen atoms in total. The van der Waals surface area contributed by atoms with Crippen LogP contribution in [0.4, 0.5) is 0 Å². The topological polar surface area (TPSA) is 63.1 Å². The van der Waals surface area contributed by atoms with Gasteiger partial charge in [-0.15, -0.1) is 5.10 Å². The number of carbonyl (C=O) groups excluding carboxylic acids is 1. The van der Waals surface area contributed by atoms with Crippen LogP contribution in [-0.2, 0) is 16.1 Å². The van der Waals surface area contributed by atoms with Gasteiger partial charge in [-0.25, -0.2) is 0 Å². The zero-order valence-electron chi connectivity index (χ0n) is 12.2. The molecule has 6 heteroatoms. The van der Waals surface area contributed by atoms with Crippen LogP contribution >= 0.6 is 11.8 Å². The van der Waals surface area contributed by atoms with E-state index in [1.807, 2.05) is 24.3 Å². The molecule has 1 unspecified atom stereocenters. The SMILES string of the molecule is CCC(C)OCc1ccc(C=NN=C2NC(=O)CS2)cc1. The number of amides is 1. The highest BCUT2D eigenvalue weighted by molar-refractivity contribution is 8.15. The van der Waals surface area contributed by atoms with Crippen molar-refractivity contribution in [3.05, 3.63) is 35.4 Å². The maximum atomic E-state index is 11.0. The van der Waals surface area contributed by atoms with Gasteiger partial charge in [-0.1, -0.05) is 43.0 Å². The van der Waals surface area contributed by atoms with Crippen LogP contribution in [0.3, 0.4) is 0 Å². The molecule has 1 saturated heterocycles. The molecule has 1 heterocycles. The molecule has 1 aromatic carbocycles. The van der Waals surface area contributed by atoms with Gasteiger partial charge in [-0.05, 0) is 24.5 Å². The average molecular weight is 305 g/mol. The zero-order valence-corrected chi connectivity index (χ0v) is 13.0. The minimum absolute atomic E-state index is 0.0281. The Kier molecular flexibility index (Phi) is 5.95. The number of hydrogen-bond acceptors (Lipinski definition) is 5. The van der Waals surface area contributed by atoms with Crippen molar-refractivity contribution in [3.8, 4) is 0 Å². The molecule has 1 aromatic rings. The van der Waals surface area contributed by atoms with E-state index >= 15 is 0 Å². The predicted molar refractivity (Wildman–Crippen MR) is 86.6 cm³/mol. The van der Waals surface area contributed by atoms with Crippen LogP contribution < -0.4 is 5.32 Å². The third-order valence-electron chi connectivity index (χ3n) is 3.03. The second kappa shape index (κ2) is 7.95. The highest BCUT2D eigenvalue weighted by atomic mass is 32.2. The lowest BCUT2D eigenvalue weighted by atomic mass is 10.1. The molecule has 0 spiro atoms. The van der Waals surface area contributed by atoms with Crippen LogP contribution in [0.15, 0.2) is 34.5 Å². The van der Waals surface area contributed by atoms with E-state index in [9.17, 15) is 4.79 Å². The summed E-state index contributed by atoms with van der Waals surface area (Å²) in [6.45, 7) is 4.80. The number of hydrogen-bond donors (Lipinski definition) is 1. The Hall–Kier alpha value is -1.66. The van der Waals surface area contributed by atoms with Crippen LogP contribution in [0.5, 0.6) is 0 Å². The van der Waals surface area contributed by atoms with Gasteiger partial charge in [0.25, 0.3) is 0 Å². The van der Waals surface area contributed by atoms with Crippen LogP contribution in [0, 0.1) is 0 Å². The lowest BCUT2D eigenvalue weighted by Crippen LogP contribution is -2.19. The average Bonchev–Trinajstić information content (AvgIpc) is 2.91. The lowest BCUT2D eigenvalue weighted by Gasteiger charge is -2.10. The molecule has 1 N–H and O–H groups in total. The van der Waals surface area contributed by atoms with Crippen molar-refractivity contribution in [2.24, 2.45) is 10.2 Å². The summed E-state index contributed by atoms with van der Waals surface area (Å²) in [6.07, 6.45) is 2.96. The second-order valence-corrected chi connectivity index (χ2v) is 5.72. The van der Waals surface area contributed by atoms with Crippen LogP contribution in [0.2, 0.25) is 0 Å². The van der Waals surface area contributed by atoms with E-state index in [0.717, 1.165) is 17.5 Å². The van der Waals surface area contributed by atoms with Crippen molar-refractivity contribution in [1.29, 1.82) is 0 Å². The van der Waals surface area contributed by atoms with Gasteiger partial charge >= 0.3 is 0 Å². The van der Waals surface area contributed by atoms with Crippen molar-refractivity contribution in [2.45, 2.75) is 33.0 Å². The number of carbonyl (C=O) groups is 1. The number of thioether (sulfide) groups is 1. The second-order valence-electron chi connectivity index (χ2n) is 4.76. The first-order valence-electron chi connectivity index (χ1n) is 6.91. The Morgan fingerprint density at radius 1 is 1.43 bits per heavy atom. The normalized spacial score (nSPS) is 18.4. The molecule has 1 aliphatic heterocycles. The Balaban J connectivity index is 1.86. The zero-order chi connectivity index (χ0) is 15.1. The van der Waals surface area contributed by atoms with Gasteiger partial charge in [-0.3, -0.25) is 4.79 Å². The minimum atomic E-state index is -0.0281. The van der Waals surface area contributed by atoms with E-state index in [2.05, 4.69) is 29.4 Å². The van der Waals surface area contributed by atoms with Crippen LogP contribution in [0.25, 0.3) is 0 Å². The summed E-state index contributed by atoms with van der Waals surface area (Å²) in [5, 5.41) is 11.1. The fraction of sp³-hybridized carbons (Fsp3) is 0.400. The molecule has 112 valence electrons. The van der Waals surface area contributed by atoms with Crippen molar-refractivity contribution in [3.63, 3.8) is 0 Å². The smallest absolute Gasteiger partial charge is 0.236 e. The Morgan fingerprint density at radius 2 is 2.19 bits per heavy atom. The Labute approximate surface area is 128 Å². The van der Waals surface area contributed by atoms with Gasteiger partial charge in [0, 0.05) is 0 Å². The number of amidine groups is 1. The molecule has 1 aliphatic rings. The van der Waals surface area contributed by atoms with E-state index in [4.69, 9.17) is 4.74 Å². The molecular formula is C15H19N3O2S. The van der Waals surface area contributed by atoms with Gasteiger partial charge in [-0.2, -0.15) is 5.10 Å². The highest BCUT2D eigenvalue weighted by Gasteiger charge is 2.15. The minimum Gasteiger partial charge on any atom is -0.374 e. The summed E-state index contributed by atoms with van der Waals surface area (Å²) in [7, 11) is 0. The van der Waals surface area contributed by atoms with Crippen molar-refractivity contribution in [2.75, 3.05) is 5.75 Å². The number of rotatable bonds is 6. The molecule has 1 atom stereocenters. The van der Waals surface area contributed by atoms with E-state index < -0.39 is 0 Å². The van der Waals surface area contributed by atoms with Crippen LogP contribution in [0.1, 0.15) is 31.4 Å². The number of benzene rings is 1.